The van der Waals surface area contributed by atoms with Crippen molar-refractivity contribution in [3.05, 3.63) is 59.3 Å². The molecule has 7 nitrogen and oxygen atoms in total. The Balaban J connectivity index is 1.39. The third-order valence-electron chi connectivity index (χ3n) is 6.11. The highest BCUT2D eigenvalue weighted by molar-refractivity contribution is 5.76. The lowest BCUT2D eigenvalue weighted by molar-refractivity contribution is 0.755. The summed E-state index contributed by atoms with van der Waals surface area (Å²) in [6.07, 6.45) is 3.43. The van der Waals surface area contributed by atoms with E-state index in [-0.39, 0.29) is 0 Å². The zero-order valence-corrected chi connectivity index (χ0v) is 16.9. The van der Waals surface area contributed by atoms with Crippen molar-refractivity contribution in [1.82, 2.24) is 34.3 Å². The van der Waals surface area contributed by atoms with Gasteiger partial charge >= 0.3 is 0 Å². The van der Waals surface area contributed by atoms with E-state index < -0.39 is 0 Å². The number of fused-ring (bicyclic) bond motifs is 1. The number of imidazole rings is 1. The topological polar surface area (TPSA) is 74.3 Å². The lowest BCUT2D eigenvalue weighted by Crippen LogP contribution is -2.08. The number of hydrogen-bond acceptors (Lipinski definition) is 5. The molecule has 7 heteroatoms. The molecule has 3 aromatic heterocycles. The molecule has 2 aliphatic rings. The third-order valence-corrected chi connectivity index (χ3v) is 6.11. The van der Waals surface area contributed by atoms with Crippen LogP contribution >= 0.6 is 0 Å². The molecule has 2 saturated carbocycles. The van der Waals surface area contributed by atoms with Crippen molar-refractivity contribution in [3.8, 4) is 5.82 Å². The smallest absolute Gasteiger partial charge is 0.159 e. The lowest BCUT2D eigenvalue weighted by Gasteiger charge is -2.09. The van der Waals surface area contributed by atoms with Gasteiger partial charge < -0.3 is 4.57 Å². The Morgan fingerprint density at radius 2 is 1.79 bits per heavy atom. The van der Waals surface area contributed by atoms with Crippen LogP contribution in [-0.4, -0.2) is 34.3 Å². The molecular formula is C22H23N7. The van der Waals surface area contributed by atoms with E-state index in [4.69, 9.17) is 15.0 Å². The number of aromatic nitrogens is 7. The second-order valence-corrected chi connectivity index (χ2v) is 8.37. The molecule has 1 unspecified atom stereocenters. The molecule has 2 fully saturated rings. The van der Waals surface area contributed by atoms with Gasteiger partial charge in [-0.2, -0.15) is 4.68 Å². The molecule has 0 bridgehead atoms. The molecule has 0 saturated heterocycles. The molecule has 3 heterocycles. The van der Waals surface area contributed by atoms with Crippen molar-refractivity contribution in [2.45, 2.75) is 50.9 Å². The van der Waals surface area contributed by atoms with Gasteiger partial charge in [-0.05, 0) is 45.2 Å². The van der Waals surface area contributed by atoms with Crippen molar-refractivity contribution in [2.75, 3.05) is 0 Å². The van der Waals surface area contributed by atoms with Gasteiger partial charge in [0.1, 0.15) is 23.3 Å². The molecule has 29 heavy (non-hydrogen) atoms. The summed E-state index contributed by atoms with van der Waals surface area (Å²) in [5.74, 6) is 5.85. The maximum absolute atomic E-state index is 4.97. The molecule has 4 aromatic rings. The van der Waals surface area contributed by atoms with E-state index in [0.29, 0.717) is 17.8 Å². The number of para-hydroxylation sites is 2. The van der Waals surface area contributed by atoms with Gasteiger partial charge in [-0.15, -0.1) is 5.10 Å². The maximum Gasteiger partial charge on any atom is 0.159 e. The molecule has 0 radical (unpaired) electrons. The summed E-state index contributed by atoms with van der Waals surface area (Å²) in [7, 11) is 2.11. The van der Waals surface area contributed by atoms with E-state index in [1.165, 1.54) is 18.4 Å². The minimum atomic E-state index is 0.384. The van der Waals surface area contributed by atoms with Crippen LogP contribution in [0.1, 0.15) is 66.0 Å². The van der Waals surface area contributed by atoms with E-state index in [0.717, 1.165) is 46.7 Å². The Kier molecular flexibility index (Phi) is 3.45. The van der Waals surface area contributed by atoms with Crippen molar-refractivity contribution in [3.63, 3.8) is 0 Å². The Hall–Kier alpha value is -3.09. The Morgan fingerprint density at radius 3 is 2.52 bits per heavy atom. The van der Waals surface area contributed by atoms with Gasteiger partial charge in [0.15, 0.2) is 5.82 Å². The first kappa shape index (κ1) is 16.8. The SMILES string of the molecule is Cc1nc(C)n(-c2cc(C3C[C@@H]3c3nc4ccccc4n3C)nc(C3CC3)n2)n1. The number of rotatable bonds is 4. The second kappa shape index (κ2) is 5.95. The second-order valence-electron chi connectivity index (χ2n) is 8.37. The molecule has 0 aliphatic heterocycles. The molecule has 6 rings (SSSR count). The van der Waals surface area contributed by atoms with Crippen LogP contribution in [0.25, 0.3) is 16.9 Å². The predicted molar refractivity (Wildman–Crippen MR) is 109 cm³/mol. The summed E-state index contributed by atoms with van der Waals surface area (Å²) < 4.78 is 4.08. The van der Waals surface area contributed by atoms with Crippen LogP contribution < -0.4 is 0 Å². The minimum Gasteiger partial charge on any atom is -0.331 e. The summed E-state index contributed by atoms with van der Waals surface area (Å²) in [5, 5.41) is 4.54. The maximum atomic E-state index is 4.97. The van der Waals surface area contributed by atoms with Gasteiger partial charge in [0.25, 0.3) is 0 Å². The van der Waals surface area contributed by atoms with Crippen LogP contribution in [0, 0.1) is 13.8 Å². The number of benzene rings is 1. The molecule has 0 N–H and O–H groups in total. The van der Waals surface area contributed by atoms with Crippen molar-refractivity contribution < 1.29 is 0 Å². The molecule has 2 aliphatic carbocycles. The van der Waals surface area contributed by atoms with Crippen LogP contribution in [0.2, 0.25) is 0 Å². The number of nitrogens with zero attached hydrogens (tertiary/aromatic N) is 7. The van der Waals surface area contributed by atoms with E-state index in [1.54, 1.807) is 0 Å². The zero-order chi connectivity index (χ0) is 19.7. The van der Waals surface area contributed by atoms with Gasteiger partial charge in [0, 0.05) is 30.9 Å². The van der Waals surface area contributed by atoms with Gasteiger partial charge in [-0.3, -0.25) is 0 Å². The first-order valence-electron chi connectivity index (χ1n) is 10.3. The molecule has 1 aromatic carbocycles. The monoisotopic (exact) mass is 385 g/mol. The molecule has 0 amide bonds. The fraction of sp³-hybridized carbons (Fsp3) is 0.409. The molecule has 0 spiro atoms. The normalized spacial score (nSPS) is 21.1. The highest BCUT2D eigenvalue weighted by Gasteiger charge is 2.44. The summed E-state index contributed by atoms with van der Waals surface area (Å²) in [6.45, 7) is 3.88. The van der Waals surface area contributed by atoms with E-state index in [1.807, 2.05) is 24.6 Å². The third kappa shape index (κ3) is 2.75. The van der Waals surface area contributed by atoms with Crippen LogP contribution in [0.15, 0.2) is 30.3 Å². The Bertz CT molecular complexity index is 1250. The Labute approximate surface area is 168 Å². The zero-order valence-electron chi connectivity index (χ0n) is 16.9. The molecular weight excluding hydrogens is 362 g/mol. The molecule has 146 valence electrons. The lowest BCUT2D eigenvalue weighted by atomic mass is 10.2. The largest absolute Gasteiger partial charge is 0.331 e. The average molecular weight is 385 g/mol. The Morgan fingerprint density at radius 1 is 0.966 bits per heavy atom. The fourth-order valence-electron chi connectivity index (χ4n) is 4.34. The van der Waals surface area contributed by atoms with E-state index >= 15 is 0 Å². The van der Waals surface area contributed by atoms with Crippen molar-refractivity contribution in [2.24, 2.45) is 7.05 Å². The van der Waals surface area contributed by atoms with Crippen LogP contribution in [0.4, 0.5) is 0 Å². The van der Waals surface area contributed by atoms with Crippen LogP contribution in [0.5, 0.6) is 0 Å². The fourth-order valence-corrected chi connectivity index (χ4v) is 4.34. The van der Waals surface area contributed by atoms with Gasteiger partial charge in [0.2, 0.25) is 0 Å². The quantitative estimate of drug-likeness (QED) is 0.535. The van der Waals surface area contributed by atoms with E-state index in [2.05, 4.69) is 46.0 Å². The predicted octanol–water partition coefficient (Wildman–Crippen LogP) is 3.71. The number of hydrogen-bond donors (Lipinski definition) is 0. The van der Waals surface area contributed by atoms with Crippen LogP contribution in [0.3, 0.4) is 0 Å². The minimum absolute atomic E-state index is 0.384. The highest BCUT2D eigenvalue weighted by Crippen LogP contribution is 2.54. The first-order chi connectivity index (χ1) is 14.1. The standard InChI is InChI=1S/C22H23N7/c1-12-23-13(2)29(27-12)20-11-18(24-21(26-20)14-8-9-14)15-10-16(15)22-25-17-6-4-5-7-19(17)28(22)3/h4-7,11,14-16H,8-10H2,1-3H3/t15?,16-/m0/s1. The summed E-state index contributed by atoms with van der Waals surface area (Å²) in [6, 6.07) is 10.4. The average Bonchev–Trinajstić information content (AvgIpc) is 3.63. The van der Waals surface area contributed by atoms with Gasteiger partial charge in [-0.1, -0.05) is 12.1 Å². The highest BCUT2D eigenvalue weighted by atomic mass is 15.4. The summed E-state index contributed by atoms with van der Waals surface area (Å²) >= 11 is 0. The summed E-state index contributed by atoms with van der Waals surface area (Å²) in [4.78, 5) is 19.2. The first-order valence-corrected chi connectivity index (χ1v) is 10.3. The van der Waals surface area contributed by atoms with Crippen molar-refractivity contribution >= 4 is 11.0 Å². The number of aryl methyl sites for hydroxylation is 3. The van der Waals surface area contributed by atoms with E-state index in [9.17, 15) is 0 Å². The van der Waals surface area contributed by atoms with Crippen molar-refractivity contribution in [1.29, 1.82) is 0 Å². The van der Waals surface area contributed by atoms with Gasteiger partial charge in [-0.25, -0.2) is 19.9 Å². The molecule has 2 atom stereocenters. The van der Waals surface area contributed by atoms with Gasteiger partial charge in [0.05, 0.1) is 16.7 Å². The summed E-state index contributed by atoms with van der Waals surface area (Å²) in [5.41, 5.74) is 3.36. The van der Waals surface area contributed by atoms with Crippen LogP contribution in [-0.2, 0) is 7.05 Å².